The zero-order chi connectivity index (χ0) is 15.8. The highest BCUT2D eigenvalue weighted by Gasteiger charge is 2.40. The summed E-state index contributed by atoms with van der Waals surface area (Å²) < 4.78 is 38.8. The summed E-state index contributed by atoms with van der Waals surface area (Å²) in [4.78, 5) is 1.65. The minimum Gasteiger partial charge on any atom is -0.396 e. The van der Waals surface area contributed by atoms with Gasteiger partial charge in [0, 0.05) is 38.1 Å². The molecule has 0 aliphatic heterocycles. The molecule has 2 N–H and O–H groups in total. The maximum absolute atomic E-state index is 12.9. The second kappa shape index (κ2) is 5.40. The third kappa shape index (κ3) is 3.61. The van der Waals surface area contributed by atoms with Gasteiger partial charge in [0.25, 0.3) is 0 Å². The molecule has 1 aliphatic carbocycles. The molecule has 6 heteroatoms. The Labute approximate surface area is 122 Å². The molecule has 0 atom stereocenters. The number of hydrogen-bond donors (Lipinski definition) is 2. The summed E-state index contributed by atoms with van der Waals surface area (Å²) >= 11 is 0. The van der Waals surface area contributed by atoms with Crippen molar-refractivity contribution in [3.63, 3.8) is 0 Å². The topological polar surface area (TPSA) is 35.5 Å². The van der Waals surface area contributed by atoms with Crippen LogP contribution in [-0.2, 0) is 6.18 Å². The molecule has 0 heterocycles. The van der Waals surface area contributed by atoms with Gasteiger partial charge < -0.3 is 15.3 Å². The Bertz CT molecular complexity index is 508. The number of nitrogens with one attached hydrogen (secondary N) is 1. The van der Waals surface area contributed by atoms with E-state index in [1.807, 2.05) is 6.92 Å². The summed E-state index contributed by atoms with van der Waals surface area (Å²) in [6.07, 6.45) is -2.84. The largest absolute Gasteiger partial charge is 0.416 e. The minimum atomic E-state index is -4.36. The average molecular weight is 302 g/mol. The molecule has 1 aliphatic rings. The van der Waals surface area contributed by atoms with Gasteiger partial charge in [0.05, 0.1) is 5.56 Å². The number of halogens is 3. The van der Waals surface area contributed by atoms with Gasteiger partial charge in [0.2, 0.25) is 0 Å². The molecule has 0 spiro atoms. The van der Waals surface area contributed by atoms with Crippen LogP contribution in [0, 0.1) is 5.41 Å². The molecule has 0 saturated heterocycles. The molecule has 0 amide bonds. The zero-order valence-corrected chi connectivity index (χ0v) is 12.5. The summed E-state index contributed by atoms with van der Waals surface area (Å²) in [5, 5.41) is 12.4. The van der Waals surface area contributed by atoms with Crippen molar-refractivity contribution in [1.29, 1.82) is 0 Å². The van der Waals surface area contributed by atoms with E-state index in [1.54, 1.807) is 25.1 Å². The van der Waals surface area contributed by atoms with E-state index in [9.17, 15) is 18.3 Å². The van der Waals surface area contributed by atoms with Crippen LogP contribution in [0.25, 0.3) is 0 Å². The molecule has 0 unspecified atom stereocenters. The van der Waals surface area contributed by atoms with E-state index < -0.39 is 11.7 Å². The summed E-state index contributed by atoms with van der Waals surface area (Å²) in [6.45, 7) is 2.08. The van der Waals surface area contributed by atoms with E-state index in [0.717, 1.165) is 25.0 Å². The molecular formula is C15H21F3N2O. The van der Waals surface area contributed by atoms with E-state index in [-0.39, 0.29) is 18.1 Å². The Hall–Kier alpha value is -1.43. The van der Waals surface area contributed by atoms with Gasteiger partial charge in [-0.25, -0.2) is 0 Å². The molecular weight excluding hydrogens is 281 g/mol. The summed E-state index contributed by atoms with van der Waals surface area (Å²) in [6, 6.07) is 4.11. The maximum Gasteiger partial charge on any atom is 0.416 e. The van der Waals surface area contributed by atoms with Crippen molar-refractivity contribution < 1.29 is 18.3 Å². The van der Waals surface area contributed by atoms with E-state index in [2.05, 4.69) is 5.32 Å². The summed E-state index contributed by atoms with van der Waals surface area (Å²) in [7, 11) is 3.43. The third-order valence-electron chi connectivity index (χ3n) is 3.99. The Morgan fingerprint density at radius 2 is 1.90 bits per heavy atom. The molecule has 3 nitrogen and oxygen atoms in total. The fraction of sp³-hybridized carbons (Fsp3) is 0.600. The van der Waals surface area contributed by atoms with Crippen molar-refractivity contribution in [3.8, 4) is 0 Å². The van der Waals surface area contributed by atoms with E-state index >= 15 is 0 Å². The van der Waals surface area contributed by atoms with Crippen molar-refractivity contribution in [1.82, 2.24) is 0 Å². The molecule has 0 aromatic heterocycles. The highest BCUT2D eigenvalue weighted by Crippen LogP contribution is 2.42. The quantitative estimate of drug-likeness (QED) is 0.895. The van der Waals surface area contributed by atoms with Crippen molar-refractivity contribution in [2.45, 2.75) is 32.0 Å². The highest BCUT2D eigenvalue weighted by molar-refractivity contribution is 5.61. The Morgan fingerprint density at radius 1 is 1.29 bits per heavy atom. The molecule has 0 radical (unpaired) electrons. The molecule has 118 valence electrons. The van der Waals surface area contributed by atoms with Gasteiger partial charge in [-0.3, -0.25) is 0 Å². The number of aliphatic hydroxyl groups excluding tert-OH is 1. The smallest absolute Gasteiger partial charge is 0.396 e. The van der Waals surface area contributed by atoms with E-state index in [4.69, 9.17) is 0 Å². The van der Waals surface area contributed by atoms with Crippen molar-refractivity contribution in [2.24, 2.45) is 5.41 Å². The fourth-order valence-corrected chi connectivity index (χ4v) is 2.71. The lowest BCUT2D eigenvalue weighted by molar-refractivity contribution is -0.137. The number of hydrogen-bond acceptors (Lipinski definition) is 3. The molecule has 1 saturated carbocycles. The van der Waals surface area contributed by atoms with Gasteiger partial charge in [-0.15, -0.1) is 0 Å². The number of aliphatic hydroxyl groups is 1. The Balaban J connectivity index is 2.18. The van der Waals surface area contributed by atoms with Gasteiger partial charge in [0.15, 0.2) is 0 Å². The summed E-state index contributed by atoms with van der Waals surface area (Å²) in [5.74, 6) is 0. The van der Waals surface area contributed by atoms with Crippen molar-refractivity contribution >= 4 is 11.4 Å². The van der Waals surface area contributed by atoms with Crippen LogP contribution in [0.5, 0.6) is 0 Å². The lowest BCUT2D eigenvalue weighted by Crippen LogP contribution is -2.45. The average Bonchev–Trinajstić information content (AvgIpc) is 2.35. The molecule has 1 aromatic carbocycles. The SMILES string of the molecule is CN(C)c1cc(NC2CC(C)(CO)C2)cc(C(F)(F)F)c1. The predicted octanol–water partition coefficient (Wildman–Crippen LogP) is 3.34. The number of alkyl halides is 3. The first-order valence-electron chi connectivity index (χ1n) is 6.90. The molecule has 2 rings (SSSR count). The van der Waals surface area contributed by atoms with Gasteiger partial charge in [-0.2, -0.15) is 13.2 Å². The molecule has 21 heavy (non-hydrogen) atoms. The van der Waals surface area contributed by atoms with Crippen LogP contribution >= 0.6 is 0 Å². The number of benzene rings is 1. The second-order valence-electron chi connectivity index (χ2n) is 6.38. The lowest BCUT2D eigenvalue weighted by atomic mass is 9.67. The van der Waals surface area contributed by atoms with Crippen LogP contribution < -0.4 is 10.2 Å². The summed E-state index contributed by atoms with van der Waals surface area (Å²) in [5.41, 5.74) is 0.222. The van der Waals surface area contributed by atoms with Crippen LogP contribution in [0.2, 0.25) is 0 Å². The van der Waals surface area contributed by atoms with Crippen molar-refractivity contribution in [3.05, 3.63) is 23.8 Å². The lowest BCUT2D eigenvalue weighted by Gasteiger charge is -2.44. The van der Waals surface area contributed by atoms with Crippen molar-refractivity contribution in [2.75, 3.05) is 30.9 Å². The molecule has 1 aromatic rings. The number of anilines is 2. The first kappa shape index (κ1) is 15.9. The standard InChI is InChI=1S/C15H21F3N2O/c1-14(9-21)7-12(8-14)19-11-4-10(15(16,17)18)5-13(6-11)20(2)3/h4-6,12,19,21H,7-9H2,1-3H3. The predicted molar refractivity (Wildman–Crippen MR) is 77.6 cm³/mol. The third-order valence-corrected chi connectivity index (χ3v) is 3.99. The van der Waals surface area contributed by atoms with Gasteiger partial charge in [-0.1, -0.05) is 6.92 Å². The number of nitrogens with zero attached hydrogens (tertiary/aromatic N) is 1. The highest BCUT2D eigenvalue weighted by atomic mass is 19.4. The normalized spacial score (nSPS) is 25.4. The maximum atomic E-state index is 12.9. The minimum absolute atomic E-state index is 0.107. The van der Waals surface area contributed by atoms with Crippen LogP contribution in [0.3, 0.4) is 0 Å². The first-order valence-corrected chi connectivity index (χ1v) is 6.90. The van der Waals surface area contributed by atoms with Gasteiger partial charge >= 0.3 is 6.18 Å². The second-order valence-corrected chi connectivity index (χ2v) is 6.38. The molecule has 1 fully saturated rings. The fourth-order valence-electron chi connectivity index (χ4n) is 2.71. The van der Waals surface area contributed by atoms with Crippen LogP contribution in [0.15, 0.2) is 18.2 Å². The Morgan fingerprint density at radius 3 is 2.38 bits per heavy atom. The van der Waals surface area contributed by atoms with E-state index in [0.29, 0.717) is 11.4 Å². The van der Waals surface area contributed by atoms with Crippen LogP contribution in [-0.4, -0.2) is 31.9 Å². The number of rotatable bonds is 4. The first-order chi connectivity index (χ1) is 9.63. The monoisotopic (exact) mass is 302 g/mol. The van der Waals surface area contributed by atoms with Crippen LogP contribution in [0.1, 0.15) is 25.3 Å². The van der Waals surface area contributed by atoms with E-state index in [1.165, 1.54) is 0 Å². The van der Waals surface area contributed by atoms with Gasteiger partial charge in [0.1, 0.15) is 0 Å². The van der Waals surface area contributed by atoms with Crippen LogP contribution in [0.4, 0.5) is 24.5 Å². The zero-order valence-electron chi connectivity index (χ0n) is 12.5. The van der Waals surface area contributed by atoms with Gasteiger partial charge in [-0.05, 0) is 36.5 Å². The molecule has 0 bridgehead atoms. The Kier molecular flexibility index (Phi) is 4.10.